The predicted molar refractivity (Wildman–Crippen MR) is 101 cm³/mol. The van der Waals surface area contributed by atoms with E-state index >= 15 is 0 Å². The molecule has 2 aromatic rings. The molecule has 1 saturated carbocycles. The van der Waals surface area contributed by atoms with Crippen molar-refractivity contribution in [2.75, 3.05) is 0 Å². The zero-order valence-electron chi connectivity index (χ0n) is 15.7. The van der Waals surface area contributed by atoms with Crippen LogP contribution in [0.1, 0.15) is 52.4 Å². The highest BCUT2D eigenvalue weighted by Gasteiger charge is 2.30. The number of aryl methyl sites for hydroxylation is 1. The average Bonchev–Trinajstić information content (AvgIpc) is 2.92. The number of benzene rings is 1. The van der Waals surface area contributed by atoms with E-state index in [9.17, 15) is 19.7 Å². The molecule has 146 valence electrons. The highest BCUT2D eigenvalue weighted by molar-refractivity contribution is 5.77. The Hall–Kier alpha value is -2.64. The minimum atomic E-state index is -0.570. The lowest BCUT2D eigenvalue weighted by atomic mass is 9.78. The van der Waals surface area contributed by atoms with Gasteiger partial charge in [-0.1, -0.05) is 6.92 Å². The van der Waals surface area contributed by atoms with Gasteiger partial charge in [0.25, 0.3) is 5.69 Å². The lowest BCUT2D eigenvalue weighted by Crippen LogP contribution is -2.48. The van der Waals surface area contributed by atoms with Crippen LogP contribution in [0.15, 0.2) is 27.4 Å². The van der Waals surface area contributed by atoms with Crippen molar-refractivity contribution in [3.63, 3.8) is 0 Å². The first-order chi connectivity index (χ1) is 12.8. The quantitative estimate of drug-likeness (QED) is 0.615. The van der Waals surface area contributed by atoms with Crippen molar-refractivity contribution >= 4 is 22.7 Å². The summed E-state index contributed by atoms with van der Waals surface area (Å²) < 4.78 is 6.51. The normalized spacial score (nSPS) is 22.7. The second-order valence-corrected chi connectivity index (χ2v) is 7.82. The Kier molecular flexibility index (Phi) is 5.34. The number of hydrogen-bond donors (Lipinski definition) is 1. The standard InChI is InChI=1S/C19H25N3O5/c1-13-7-9-19(2,10-8-13)20-17(23)4-3-11-21-15-6-5-14(22(25)26)12-16(15)27-18(21)24/h5-6,12-13H,3-4,7-11H2,1-2H3,(H,20,23). The summed E-state index contributed by atoms with van der Waals surface area (Å²) in [7, 11) is 0. The fourth-order valence-electron chi connectivity index (χ4n) is 3.70. The molecule has 1 aliphatic carbocycles. The monoisotopic (exact) mass is 375 g/mol. The number of carbonyl (C=O) groups excluding carboxylic acids is 1. The SMILES string of the molecule is CC1CCC(C)(NC(=O)CCCn2c(=O)oc3cc([N+](=O)[O-])ccc32)CC1. The van der Waals surface area contributed by atoms with E-state index < -0.39 is 10.7 Å². The van der Waals surface area contributed by atoms with Crippen LogP contribution in [0, 0.1) is 16.0 Å². The highest BCUT2D eigenvalue weighted by atomic mass is 16.6. The number of rotatable bonds is 6. The van der Waals surface area contributed by atoms with Crippen LogP contribution >= 0.6 is 0 Å². The van der Waals surface area contributed by atoms with Gasteiger partial charge in [-0.15, -0.1) is 0 Å². The van der Waals surface area contributed by atoms with Gasteiger partial charge in [0.2, 0.25) is 5.91 Å². The summed E-state index contributed by atoms with van der Waals surface area (Å²) in [6.07, 6.45) is 5.04. The fourth-order valence-corrected chi connectivity index (χ4v) is 3.70. The van der Waals surface area contributed by atoms with E-state index in [0.29, 0.717) is 30.8 Å². The van der Waals surface area contributed by atoms with E-state index in [1.165, 1.54) is 22.8 Å². The summed E-state index contributed by atoms with van der Waals surface area (Å²) >= 11 is 0. The molecule has 3 rings (SSSR count). The molecule has 1 aromatic carbocycles. The van der Waals surface area contributed by atoms with Gasteiger partial charge >= 0.3 is 5.76 Å². The smallest absolute Gasteiger partial charge is 0.407 e. The molecule has 1 amide bonds. The first-order valence-corrected chi connectivity index (χ1v) is 9.36. The molecule has 1 aromatic heterocycles. The molecule has 0 atom stereocenters. The Morgan fingerprint density at radius 3 is 2.78 bits per heavy atom. The first kappa shape index (κ1) is 19.1. The third-order valence-electron chi connectivity index (χ3n) is 5.47. The van der Waals surface area contributed by atoms with Crippen LogP contribution in [0.25, 0.3) is 11.1 Å². The largest absolute Gasteiger partial charge is 0.419 e. The number of nitrogens with one attached hydrogen (secondary N) is 1. The van der Waals surface area contributed by atoms with Crippen LogP contribution < -0.4 is 11.1 Å². The molecule has 1 fully saturated rings. The van der Waals surface area contributed by atoms with Crippen LogP contribution in [-0.2, 0) is 11.3 Å². The molecule has 1 N–H and O–H groups in total. The van der Waals surface area contributed by atoms with E-state index in [1.54, 1.807) is 0 Å². The highest BCUT2D eigenvalue weighted by Crippen LogP contribution is 2.31. The summed E-state index contributed by atoms with van der Waals surface area (Å²) in [4.78, 5) is 34.6. The zero-order chi connectivity index (χ0) is 19.6. The van der Waals surface area contributed by atoms with Crippen molar-refractivity contribution in [3.8, 4) is 0 Å². The van der Waals surface area contributed by atoms with Gasteiger partial charge < -0.3 is 9.73 Å². The number of fused-ring (bicyclic) bond motifs is 1. The number of oxazole rings is 1. The van der Waals surface area contributed by atoms with Crippen molar-refractivity contribution in [3.05, 3.63) is 38.9 Å². The van der Waals surface area contributed by atoms with Crippen molar-refractivity contribution in [1.82, 2.24) is 9.88 Å². The van der Waals surface area contributed by atoms with Crippen molar-refractivity contribution < 1.29 is 14.1 Å². The predicted octanol–water partition coefficient (Wildman–Crippen LogP) is 3.37. The minimum absolute atomic E-state index is 0.0106. The molecule has 0 unspecified atom stereocenters. The van der Waals surface area contributed by atoms with Gasteiger partial charge in [-0.05, 0) is 51.0 Å². The molecule has 27 heavy (non-hydrogen) atoms. The second kappa shape index (κ2) is 7.54. The van der Waals surface area contributed by atoms with Crippen LogP contribution in [0.4, 0.5) is 5.69 Å². The summed E-state index contributed by atoms with van der Waals surface area (Å²) in [5, 5.41) is 14.0. The topological polar surface area (TPSA) is 107 Å². The third kappa shape index (κ3) is 4.37. The molecule has 8 heteroatoms. The summed E-state index contributed by atoms with van der Waals surface area (Å²) in [6.45, 7) is 4.66. The molecule has 8 nitrogen and oxygen atoms in total. The van der Waals surface area contributed by atoms with Crippen molar-refractivity contribution in [2.24, 2.45) is 5.92 Å². The summed E-state index contributed by atoms with van der Waals surface area (Å²) in [6, 6.07) is 4.08. The van der Waals surface area contributed by atoms with E-state index in [1.807, 2.05) is 0 Å². The number of non-ortho nitro benzene ring substituents is 1. The molecule has 0 bridgehead atoms. The number of carbonyl (C=O) groups is 1. The molecular weight excluding hydrogens is 350 g/mol. The molecule has 0 saturated heterocycles. The number of nitrogens with zero attached hydrogens (tertiary/aromatic N) is 2. The maximum Gasteiger partial charge on any atom is 0.419 e. The Labute approximate surface area is 156 Å². The van der Waals surface area contributed by atoms with Gasteiger partial charge in [0.15, 0.2) is 5.58 Å². The Balaban J connectivity index is 1.59. The summed E-state index contributed by atoms with van der Waals surface area (Å²) in [5.41, 5.74) is 0.418. The minimum Gasteiger partial charge on any atom is -0.407 e. The maximum atomic E-state index is 12.3. The van der Waals surface area contributed by atoms with Gasteiger partial charge in [-0.25, -0.2) is 4.79 Å². The molecule has 0 radical (unpaired) electrons. The van der Waals surface area contributed by atoms with Crippen LogP contribution in [0.5, 0.6) is 0 Å². The third-order valence-corrected chi connectivity index (χ3v) is 5.47. The van der Waals surface area contributed by atoms with E-state index in [0.717, 1.165) is 25.7 Å². The molecule has 0 spiro atoms. The second-order valence-electron chi connectivity index (χ2n) is 7.82. The molecule has 1 aliphatic rings. The van der Waals surface area contributed by atoms with Crippen molar-refractivity contribution in [2.45, 2.75) is 64.5 Å². The van der Waals surface area contributed by atoms with E-state index in [-0.39, 0.29) is 22.7 Å². The Bertz CT molecular complexity index is 906. The van der Waals surface area contributed by atoms with Gasteiger partial charge in [0.05, 0.1) is 16.5 Å². The lowest BCUT2D eigenvalue weighted by molar-refractivity contribution is -0.384. The Morgan fingerprint density at radius 1 is 1.41 bits per heavy atom. The molecule has 0 aliphatic heterocycles. The molecule has 1 heterocycles. The van der Waals surface area contributed by atoms with E-state index in [4.69, 9.17) is 4.42 Å². The number of nitro groups is 1. The summed E-state index contributed by atoms with van der Waals surface area (Å²) in [5.74, 6) is 0.134. The zero-order valence-corrected chi connectivity index (χ0v) is 15.7. The van der Waals surface area contributed by atoms with Gasteiger partial charge in [-0.3, -0.25) is 19.5 Å². The van der Waals surface area contributed by atoms with Crippen LogP contribution in [0.2, 0.25) is 0 Å². The number of amides is 1. The van der Waals surface area contributed by atoms with Crippen LogP contribution in [-0.4, -0.2) is 20.9 Å². The lowest BCUT2D eigenvalue weighted by Gasteiger charge is -2.37. The van der Waals surface area contributed by atoms with E-state index in [2.05, 4.69) is 19.2 Å². The first-order valence-electron chi connectivity index (χ1n) is 9.36. The van der Waals surface area contributed by atoms with Crippen LogP contribution in [0.3, 0.4) is 0 Å². The fraction of sp³-hybridized carbons (Fsp3) is 0.579. The van der Waals surface area contributed by atoms with Gasteiger partial charge in [0, 0.05) is 24.6 Å². The Morgan fingerprint density at radius 2 is 2.11 bits per heavy atom. The molecular formula is C19H25N3O5. The average molecular weight is 375 g/mol. The van der Waals surface area contributed by atoms with Crippen molar-refractivity contribution in [1.29, 1.82) is 0 Å². The van der Waals surface area contributed by atoms with Gasteiger partial charge in [0.1, 0.15) is 0 Å². The maximum absolute atomic E-state index is 12.3. The van der Waals surface area contributed by atoms with Gasteiger partial charge in [-0.2, -0.15) is 0 Å². The number of nitro benzene ring substituents is 1. The number of hydrogen-bond acceptors (Lipinski definition) is 5. The number of aromatic nitrogens is 1.